The zero-order chi connectivity index (χ0) is 10.0. The lowest BCUT2D eigenvalue weighted by Crippen LogP contribution is -2.19. The highest BCUT2D eigenvalue weighted by Crippen LogP contribution is 2.14. The van der Waals surface area contributed by atoms with Gasteiger partial charge < -0.3 is 20.4 Å². The Bertz CT molecular complexity index is 342. The summed E-state index contributed by atoms with van der Waals surface area (Å²) in [6, 6.07) is 1.05. The molecule has 0 saturated heterocycles. The van der Waals surface area contributed by atoms with Crippen molar-refractivity contribution in [1.29, 1.82) is 0 Å². The molecular weight excluding hydrogens is 178 g/mol. The molecule has 0 aromatic carbocycles. The van der Waals surface area contributed by atoms with Crippen molar-refractivity contribution in [2.75, 3.05) is 0 Å². The van der Waals surface area contributed by atoms with Gasteiger partial charge in [0.25, 0.3) is 0 Å². The molecule has 0 radical (unpaired) electrons. The highest BCUT2D eigenvalue weighted by atomic mass is 16.4. The van der Waals surface area contributed by atoms with Crippen LogP contribution in [0.1, 0.15) is 22.4 Å². The van der Waals surface area contributed by atoms with E-state index in [9.17, 15) is 9.59 Å². The van der Waals surface area contributed by atoms with Crippen LogP contribution in [-0.4, -0.2) is 22.2 Å². The Balaban J connectivity index is 2.91. The molecule has 1 rings (SSSR count). The Kier molecular flexibility index (Phi) is 2.34. The average molecular weight is 185 g/mol. The highest BCUT2D eigenvalue weighted by molar-refractivity contribution is 5.84. The predicted molar refractivity (Wildman–Crippen MR) is 40.2 cm³/mol. The molecular formula is C7H7NO5. The van der Waals surface area contributed by atoms with Crippen molar-refractivity contribution in [1.82, 2.24) is 0 Å². The quantitative estimate of drug-likeness (QED) is 0.613. The first-order valence-electron chi connectivity index (χ1n) is 3.34. The molecule has 0 bridgehead atoms. The minimum absolute atomic E-state index is 0.0788. The van der Waals surface area contributed by atoms with E-state index in [0.717, 1.165) is 6.07 Å². The fourth-order valence-electron chi connectivity index (χ4n) is 0.757. The zero-order valence-corrected chi connectivity index (χ0v) is 6.43. The van der Waals surface area contributed by atoms with Crippen molar-refractivity contribution in [3.05, 3.63) is 23.7 Å². The van der Waals surface area contributed by atoms with E-state index in [-0.39, 0.29) is 11.5 Å². The second-order valence-electron chi connectivity index (χ2n) is 2.32. The molecule has 4 N–H and O–H groups in total. The number of hydrogen-bond acceptors (Lipinski definition) is 4. The number of aromatic carboxylic acids is 1. The van der Waals surface area contributed by atoms with Gasteiger partial charge in [-0.05, 0) is 12.1 Å². The molecule has 0 fully saturated rings. The minimum Gasteiger partial charge on any atom is -0.480 e. The van der Waals surface area contributed by atoms with Gasteiger partial charge in [-0.15, -0.1) is 0 Å². The summed E-state index contributed by atoms with van der Waals surface area (Å²) in [4.78, 5) is 20.7. The second kappa shape index (κ2) is 3.28. The molecule has 1 heterocycles. The standard InChI is InChI=1S/C7H7NO5/c8-5(7(11)12)3-1-2-4(13-3)6(9)10/h1-2,5H,8H2,(H,9,10)(H,11,12)/t5-/m1/s1. The third-order valence-electron chi connectivity index (χ3n) is 1.41. The maximum atomic E-state index is 10.3. The maximum Gasteiger partial charge on any atom is 0.371 e. The maximum absolute atomic E-state index is 10.3. The van der Waals surface area contributed by atoms with Crippen LogP contribution >= 0.6 is 0 Å². The summed E-state index contributed by atoms with van der Waals surface area (Å²) in [5, 5.41) is 16.9. The second-order valence-corrected chi connectivity index (χ2v) is 2.32. The SMILES string of the molecule is N[C@@H](C(=O)O)c1ccc(C(=O)O)o1. The van der Waals surface area contributed by atoms with Crippen LogP contribution in [0.2, 0.25) is 0 Å². The van der Waals surface area contributed by atoms with Crippen LogP contribution in [0.3, 0.4) is 0 Å². The fourth-order valence-corrected chi connectivity index (χ4v) is 0.757. The molecule has 6 heteroatoms. The van der Waals surface area contributed by atoms with Crippen molar-refractivity contribution < 1.29 is 24.2 Å². The van der Waals surface area contributed by atoms with E-state index in [0.29, 0.717) is 0 Å². The van der Waals surface area contributed by atoms with Crippen LogP contribution in [0.5, 0.6) is 0 Å². The molecule has 1 aromatic rings. The molecule has 70 valence electrons. The van der Waals surface area contributed by atoms with Gasteiger partial charge in [-0.25, -0.2) is 4.79 Å². The van der Waals surface area contributed by atoms with Gasteiger partial charge in [-0.2, -0.15) is 0 Å². The Hall–Kier alpha value is -1.82. The van der Waals surface area contributed by atoms with Gasteiger partial charge in [0, 0.05) is 0 Å². The molecule has 1 aromatic heterocycles. The number of rotatable bonds is 3. The van der Waals surface area contributed by atoms with Gasteiger partial charge in [-0.1, -0.05) is 0 Å². The third kappa shape index (κ3) is 1.85. The minimum atomic E-state index is -1.33. The number of aliphatic carboxylic acids is 1. The number of carboxylic acids is 2. The van der Waals surface area contributed by atoms with Crippen molar-refractivity contribution in [2.24, 2.45) is 5.73 Å². The normalized spacial score (nSPS) is 12.4. The van der Waals surface area contributed by atoms with E-state index in [2.05, 4.69) is 4.42 Å². The van der Waals surface area contributed by atoms with E-state index in [1.165, 1.54) is 6.07 Å². The average Bonchev–Trinajstić information content (AvgIpc) is 2.50. The summed E-state index contributed by atoms with van der Waals surface area (Å²) in [5.41, 5.74) is 5.17. The van der Waals surface area contributed by atoms with Crippen LogP contribution < -0.4 is 5.73 Å². The first-order chi connectivity index (χ1) is 6.02. The molecule has 13 heavy (non-hydrogen) atoms. The number of carbonyl (C=O) groups is 2. The van der Waals surface area contributed by atoms with E-state index in [1.54, 1.807) is 0 Å². The summed E-state index contributed by atoms with van der Waals surface area (Å²) in [6.45, 7) is 0. The van der Waals surface area contributed by atoms with Gasteiger partial charge in [0.1, 0.15) is 5.76 Å². The first-order valence-corrected chi connectivity index (χ1v) is 3.34. The van der Waals surface area contributed by atoms with Gasteiger partial charge >= 0.3 is 11.9 Å². The third-order valence-corrected chi connectivity index (χ3v) is 1.41. The van der Waals surface area contributed by atoms with E-state index in [4.69, 9.17) is 15.9 Å². The Morgan fingerprint density at radius 1 is 1.38 bits per heavy atom. The Morgan fingerprint density at radius 2 is 2.00 bits per heavy atom. The smallest absolute Gasteiger partial charge is 0.371 e. The fraction of sp³-hybridized carbons (Fsp3) is 0.143. The van der Waals surface area contributed by atoms with E-state index < -0.39 is 18.0 Å². The molecule has 0 spiro atoms. The number of hydrogen-bond donors (Lipinski definition) is 3. The van der Waals surface area contributed by atoms with Crippen LogP contribution in [0.25, 0.3) is 0 Å². The summed E-state index contributed by atoms with van der Waals surface area (Å²) in [7, 11) is 0. The number of carboxylic acid groups (broad SMARTS) is 2. The molecule has 0 amide bonds. The van der Waals surface area contributed by atoms with Crippen molar-refractivity contribution >= 4 is 11.9 Å². The molecule has 6 nitrogen and oxygen atoms in total. The summed E-state index contributed by atoms with van der Waals surface area (Å²) >= 11 is 0. The first kappa shape index (κ1) is 9.27. The topological polar surface area (TPSA) is 114 Å². The molecule has 0 unspecified atom stereocenters. The molecule has 0 aliphatic rings. The zero-order valence-electron chi connectivity index (χ0n) is 6.43. The lowest BCUT2D eigenvalue weighted by molar-refractivity contribution is -0.139. The van der Waals surface area contributed by atoms with Crippen LogP contribution in [0.15, 0.2) is 16.5 Å². The molecule has 0 aliphatic heterocycles. The molecule has 0 aliphatic carbocycles. The highest BCUT2D eigenvalue weighted by Gasteiger charge is 2.19. The summed E-state index contributed by atoms with van der Waals surface area (Å²) < 4.78 is 4.66. The Morgan fingerprint density at radius 3 is 2.38 bits per heavy atom. The largest absolute Gasteiger partial charge is 0.480 e. The Labute approximate surface area is 72.6 Å². The van der Waals surface area contributed by atoms with Gasteiger partial charge in [0.05, 0.1) is 0 Å². The monoisotopic (exact) mass is 185 g/mol. The van der Waals surface area contributed by atoms with Crippen molar-refractivity contribution in [3.8, 4) is 0 Å². The van der Waals surface area contributed by atoms with Crippen LogP contribution in [-0.2, 0) is 4.79 Å². The number of furan rings is 1. The summed E-state index contributed by atoms with van der Waals surface area (Å²) in [6.07, 6.45) is 0. The van der Waals surface area contributed by atoms with Crippen molar-refractivity contribution in [2.45, 2.75) is 6.04 Å². The lowest BCUT2D eigenvalue weighted by atomic mass is 10.2. The van der Waals surface area contributed by atoms with Gasteiger partial charge in [0.2, 0.25) is 5.76 Å². The number of nitrogens with two attached hydrogens (primary N) is 1. The molecule has 1 atom stereocenters. The van der Waals surface area contributed by atoms with Gasteiger partial charge in [0.15, 0.2) is 6.04 Å². The van der Waals surface area contributed by atoms with E-state index in [1.807, 2.05) is 0 Å². The lowest BCUT2D eigenvalue weighted by Gasteiger charge is -2.00. The van der Waals surface area contributed by atoms with Crippen LogP contribution in [0.4, 0.5) is 0 Å². The van der Waals surface area contributed by atoms with E-state index >= 15 is 0 Å². The predicted octanol–water partition coefficient (Wildman–Crippen LogP) is 0.0622. The molecule has 0 saturated carbocycles. The summed E-state index contributed by atoms with van der Waals surface area (Å²) in [5.74, 6) is -2.94. The van der Waals surface area contributed by atoms with Crippen LogP contribution in [0, 0.1) is 0 Å². The van der Waals surface area contributed by atoms with Crippen molar-refractivity contribution in [3.63, 3.8) is 0 Å². The van der Waals surface area contributed by atoms with Gasteiger partial charge in [-0.3, -0.25) is 4.79 Å².